The normalized spacial score (nSPS) is 12.1. The number of esters is 1. The van der Waals surface area contributed by atoms with Gasteiger partial charge in [-0.2, -0.15) is 5.10 Å². The van der Waals surface area contributed by atoms with E-state index in [9.17, 15) is 9.59 Å². The van der Waals surface area contributed by atoms with E-state index in [1.807, 2.05) is 44.2 Å². The Labute approximate surface area is 157 Å². The van der Waals surface area contributed by atoms with Gasteiger partial charge >= 0.3 is 5.97 Å². The van der Waals surface area contributed by atoms with Crippen LogP contribution in [0.3, 0.4) is 0 Å². The number of pyridine rings is 1. The van der Waals surface area contributed by atoms with Gasteiger partial charge in [0.05, 0.1) is 31.3 Å². The van der Waals surface area contributed by atoms with E-state index in [4.69, 9.17) is 4.74 Å². The van der Waals surface area contributed by atoms with Gasteiger partial charge in [-0.1, -0.05) is 30.3 Å². The average molecular weight is 366 g/mol. The highest BCUT2D eigenvalue weighted by molar-refractivity contribution is 5.97. The third-order valence-electron chi connectivity index (χ3n) is 4.29. The Kier molecular flexibility index (Phi) is 5.49. The van der Waals surface area contributed by atoms with Crippen LogP contribution in [0.5, 0.6) is 0 Å². The fraction of sp³-hybridized carbons (Fsp3) is 0.300. The van der Waals surface area contributed by atoms with Crippen molar-refractivity contribution in [3.05, 3.63) is 59.9 Å². The van der Waals surface area contributed by atoms with Crippen LogP contribution in [0.15, 0.2) is 48.8 Å². The second-order valence-corrected chi connectivity index (χ2v) is 6.54. The Morgan fingerprint density at radius 3 is 2.59 bits per heavy atom. The van der Waals surface area contributed by atoms with Gasteiger partial charge in [-0.15, -0.1) is 0 Å². The number of nitrogens with one attached hydrogen (secondary N) is 1. The SMILES string of the molecule is COC(=O)CC(NC(=O)c1cnc2c(cnn2C(C)C)c1)c1ccccc1. The predicted octanol–water partition coefficient (Wildman–Crippen LogP) is 3.05. The second-order valence-electron chi connectivity index (χ2n) is 6.54. The van der Waals surface area contributed by atoms with Gasteiger partial charge in [0.1, 0.15) is 0 Å². The first-order valence-corrected chi connectivity index (χ1v) is 8.75. The third kappa shape index (κ3) is 4.13. The molecular weight excluding hydrogens is 344 g/mol. The van der Waals surface area contributed by atoms with Gasteiger partial charge in [0.2, 0.25) is 0 Å². The number of benzene rings is 1. The van der Waals surface area contributed by atoms with E-state index >= 15 is 0 Å². The van der Waals surface area contributed by atoms with Gasteiger partial charge < -0.3 is 10.1 Å². The first-order chi connectivity index (χ1) is 13.0. The van der Waals surface area contributed by atoms with Gasteiger partial charge in [0, 0.05) is 17.6 Å². The maximum atomic E-state index is 12.8. The van der Waals surface area contributed by atoms with E-state index in [-0.39, 0.29) is 18.4 Å². The summed E-state index contributed by atoms with van der Waals surface area (Å²) in [6.07, 6.45) is 3.27. The third-order valence-corrected chi connectivity index (χ3v) is 4.29. The van der Waals surface area contributed by atoms with Crippen molar-refractivity contribution in [2.75, 3.05) is 7.11 Å². The molecular formula is C20H22N4O3. The second kappa shape index (κ2) is 7.99. The summed E-state index contributed by atoms with van der Waals surface area (Å²) in [4.78, 5) is 28.9. The molecule has 1 N–H and O–H groups in total. The van der Waals surface area contributed by atoms with Crippen molar-refractivity contribution in [3.63, 3.8) is 0 Å². The summed E-state index contributed by atoms with van der Waals surface area (Å²) < 4.78 is 6.57. The Morgan fingerprint density at radius 1 is 1.19 bits per heavy atom. The summed E-state index contributed by atoms with van der Waals surface area (Å²) in [6.45, 7) is 4.04. The lowest BCUT2D eigenvalue weighted by Crippen LogP contribution is -2.30. The number of aromatic nitrogens is 3. The lowest BCUT2D eigenvalue weighted by molar-refractivity contribution is -0.141. The fourth-order valence-electron chi connectivity index (χ4n) is 2.87. The molecule has 3 aromatic rings. The number of rotatable bonds is 6. The van der Waals surface area contributed by atoms with Crippen molar-refractivity contribution in [3.8, 4) is 0 Å². The summed E-state index contributed by atoms with van der Waals surface area (Å²) in [6, 6.07) is 10.8. The molecule has 3 rings (SSSR count). The number of ether oxygens (including phenoxy) is 1. The van der Waals surface area contributed by atoms with Crippen LogP contribution < -0.4 is 5.32 Å². The smallest absolute Gasteiger partial charge is 0.307 e. The Balaban J connectivity index is 1.84. The Bertz CT molecular complexity index is 950. The average Bonchev–Trinajstić information content (AvgIpc) is 3.11. The van der Waals surface area contributed by atoms with E-state index in [1.165, 1.54) is 13.3 Å². The highest BCUT2D eigenvalue weighted by Gasteiger charge is 2.20. The largest absolute Gasteiger partial charge is 0.469 e. The standard InChI is InChI=1S/C20H22N4O3/c1-13(2)24-19-15(12-22-24)9-16(11-21-19)20(26)23-17(10-18(25)27-3)14-7-5-4-6-8-14/h4-9,11-13,17H,10H2,1-3H3,(H,23,26). The maximum Gasteiger partial charge on any atom is 0.307 e. The maximum absolute atomic E-state index is 12.8. The molecule has 0 spiro atoms. The predicted molar refractivity (Wildman–Crippen MR) is 101 cm³/mol. The summed E-state index contributed by atoms with van der Waals surface area (Å²) in [5.74, 6) is -0.699. The highest BCUT2D eigenvalue weighted by Crippen LogP contribution is 2.20. The monoisotopic (exact) mass is 366 g/mol. The molecule has 2 aromatic heterocycles. The molecule has 0 bridgehead atoms. The van der Waals surface area contributed by atoms with Crippen LogP contribution in [-0.2, 0) is 9.53 Å². The number of nitrogens with zero attached hydrogens (tertiary/aromatic N) is 3. The zero-order valence-corrected chi connectivity index (χ0v) is 15.5. The molecule has 0 aliphatic rings. The number of carbonyl (C=O) groups excluding carboxylic acids is 2. The molecule has 1 aromatic carbocycles. The number of fused-ring (bicyclic) bond motifs is 1. The van der Waals surface area contributed by atoms with Crippen molar-refractivity contribution in [1.29, 1.82) is 0 Å². The molecule has 0 aliphatic heterocycles. The number of methoxy groups -OCH3 is 1. The summed E-state index contributed by atoms with van der Waals surface area (Å²) in [7, 11) is 1.33. The molecule has 7 nitrogen and oxygen atoms in total. The quantitative estimate of drug-likeness (QED) is 0.678. The number of amides is 1. The minimum Gasteiger partial charge on any atom is -0.469 e. The Hall–Kier alpha value is -3.22. The van der Waals surface area contributed by atoms with Crippen LogP contribution >= 0.6 is 0 Å². The molecule has 1 atom stereocenters. The van der Waals surface area contributed by atoms with Crippen LogP contribution in [0.25, 0.3) is 11.0 Å². The molecule has 1 amide bonds. The van der Waals surface area contributed by atoms with Gasteiger partial charge in [-0.3, -0.25) is 9.59 Å². The van der Waals surface area contributed by atoms with E-state index in [0.29, 0.717) is 5.56 Å². The Morgan fingerprint density at radius 2 is 1.93 bits per heavy atom. The summed E-state index contributed by atoms with van der Waals surface area (Å²) in [5.41, 5.74) is 1.98. The molecule has 0 aliphatic carbocycles. The van der Waals surface area contributed by atoms with Crippen molar-refractivity contribution in [1.82, 2.24) is 20.1 Å². The van der Waals surface area contributed by atoms with Crippen molar-refractivity contribution >= 4 is 22.9 Å². The lowest BCUT2D eigenvalue weighted by atomic mass is 10.0. The van der Waals surface area contributed by atoms with E-state index in [2.05, 4.69) is 15.4 Å². The minimum absolute atomic E-state index is 0.0488. The summed E-state index contributed by atoms with van der Waals surface area (Å²) in [5, 5.41) is 8.01. The highest BCUT2D eigenvalue weighted by atomic mass is 16.5. The van der Waals surface area contributed by atoms with Crippen LogP contribution in [0.2, 0.25) is 0 Å². The van der Waals surface area contributed by atoms with Crippen molar-refractivity contribution in [2.45, 2.75) is 32.4 Å². The van der Waals surface area contributed by atoms with Gasteiger partial charge in [-0.25, -0.2) is 9.67 Å². The van der Waals surface area contributed by atoms with E-state index < -0.39 is 12.0 Å². The molecule has 0 saturated carbocycles. The first-order valence-electron chi connectivity index (χ1n) is 8.75. The summed E-state index contributed by atoms with van der Waals surface area (Å²) >= 11 is 0. The molecule has 7 heteroatoms. The zero-order chi connectivity index (χ0) is 19.4. The van der Waals surface area contributed by atoms with Crippen LogP contribution in [0.1, 0.15) is 48.3 Å². The zero-order valence-electron chi connectivity index (χ0n) is 15.5. The van der Waals surface area contributed by atoms with Crippen molar-refractivity contribution < 1.29 is 14.3 Å². The van der Waals surface area contributed by atoms with E-state index in [1.54, 1.807) is 16.9 Å². The van der Waals surface area contributed by atoms with Crippen molar-refractivity contribution in [2.24, 2.45) is 0 Å². The first kappa shape index (κ1) is 18.6. The number of hydrogen-bond donors (Lipinski definition) is 1. The number of hydrogen-bond acceptors (Lipinski definition) is 5. The van der Waals surface area contributed by atoms with E-state index in [0.717, 1.165) is 16.6 Å². The molecule has 27 heavy (non-hydrogen) atoms. The van der Waals surface area contributed by atoms with Crippen LogP contribution in [0.4, 0.5) is 0 Å². The molecule has 1 unspecified atom stereocenters. The van der Waals surface area contributed by atoms with Gasteiger partial charge in [-0.05, 0) is 25.5 Å². The molecule has 0 radical (unpaired) electrons. The molecule has 2 heterocycles. The lowest BCUT2D eigenvalue weighted by Gasteiger charge is -2.18. The van der Waals surface area contributed by atoms with Gasteiger partial charge in [0.25, 0.3) is 5.91 Å². The molecule has 0 fully saturated rings. The fourth-order valence-corrected chi connectivity index (χ4v) is 2.87. The van der Waals surface area contributed by atoms with Crippen LogP contribution in [0, 0.1) is 0 Å². The minimum atomic E-state index is -0.486. The number of carbonyl (C=O) groups is 2. The topological polar surface area (TPSA) is 86.1 Å². The molecule has 0 saturated heterocycles. The van der Waals surface area contributed by atoms with Gasteiger partial charge in [0.15, 0.2) is 5.65 Å². The van der Waals surface area contributed by atoms with Crippen LogP contribution in [-0.4, -0.2) is 33.8 Å². The molecule has 140 valence electrons.